The van der Waals surface area contributed by atoms with Crippen molar-refractivity contribution in [3.05, 3.63) is 166 Å². The van der Waals surface area contributed by atoms with Gasteiger partial charge < -0.3 is 19.5 Å². The number of non-ortho nitro benzene ring substituents is 1. The summed E-state index contributed by atoms with van der Waals surface area (Å²) in [4.78, 5) is 44.1. The van der Waals surface area contributed by atoms with E-state index in [0.717, 1.165) is 33.8 Å². The van der Waals surface area contributed by atoms with Crippen LogP contribution in [0.15, 0.2) is 128 Å². The zero-order valence-corrected chi connectivity index (χ0v) is 36.8. The van der Waals surface area contributed by atoms with Crippen LogP contribution in [0, 0.1) is 16.0 Å². The zero-order chi connectivity index (χ0) is 44.0. The van der Waals surface area contributed by atoms with E-state index in [4.69, 9.17) is 9.47 Å². The van der Waals surface area contributed by atoms with Gasteiger partial charge in [0.1, 0.15) is 5.75 Å². The molecular formula is C49H50N6O7Si. The fraction of sp³-hybridized carbons (Fsp3) is 0.306. The number of nitrogens with zero attached hydrogens (tertiary/aromatic N) is 6. The van der Waals surface area contributed by atoms with Crippen LogP contribution in [-0.4, -0.2) is 64.7 Å². The molecule has 5 atom stereocenters. The van der Waals surface area contributed by atoms with Crippen LogP contribution in [0.25, 0.3) is 0 Å². The third-order valence-corrected chi connectivity index (χ3v) is 18.0. The second-order valence-electron chi connectivity index (χ2n) is 17.4. The monoisotopic (exact) mass is 862 g/mol. The summed E-state index contributed by atoms with van der Waals surface area (Å²) in [6.45, 7) is 7.14. The second kappa shape index (κ2) is 16.7. The molecule has 63 heavy (non-hydrogen) atoms. The third-order valence-electron chi connectivity index (χ3n) is 13.6. The summed E-state index contributed by atoms with van der Waals surface area (Å²) in [6, 6.07) is 38.1. The van der Waals surface area contributed by atoms with Crippen LogP contribution in [0.4, 0.5) is 22.7 Å². The van der Waals surface area contributed by atoms with Crippen LogP contribution in [0.1, 0.15) is 53.6 Å². The van der Waals surface area contributed by atoms with E-state index >= 15 is 4.79 Å². The normalized spacial score (nSPS) is 21.1. The molecule has 4 heterocycles. The number of nitro benzene ring substituents is 1. The standard InChI is InChI=1S/C49H50N6O7Si/c1-32-47(63(3,4)39-22-20-38(61-2)21-23-39)45(26-27-52-30-42(50-51-52)40(31-56)34-10-6-5-7-11-34)62-49(32)41-28-37(55(59)60)19-24-44(41)53(48(49)58)29-33-14-17-36(18-15-33)54-43-13-9-8-12-35(43)16-25-46(54)57/h5-15,17-24,28,30,32,40,45,47,56H,16,25-27,29,31H2,1-4H3/t32-,40?,45+,47-,49+/m0/s1. The number of aliphatic hydroxyl groups is 1. The highest BCUT2D eigenvalue weighted by Gasteiger charge is 2.66. The van der Waals surface area contributed by atoms with Gasteiger partial charge in [-0.05, 0) is 71.5 Å². The minimum Gasteiger partial charge on any atom is -0.497 e. The summed E-state index contributed by atoms with van der Waals surface area (Å²) < 4.78 is 14.6. The Kier molecular flexibility index (Phi) is 11.1. The number of ether oxygens (including phenoxy) is 2. The predicted octanol–water partition coefficient (Wildman–Crippen LogP) is 7.78. The summed E-state index contributed by atoms with van der Waals surface area (Å²) in [5.74, 6) is -0.223. The fourth-order valence-corrected chi connectivity index (χ4v) is 14.4. The van der Waals surface area contributed by atoms with Crippen LogP contribution in [0.5, 0.6) is 5.75 Å². The van der Waals surface area contributed by atoms with Crippen LogP contribution in [-0.2, 0) is 39.4 Å². The van der Waals surface area contributed by atoms with E-state index in [2.05, 4.69) is 42.5 Å². The summed E-state index contributed by atoms with van der Waals surface area (Å²) in [5.41, 5.74) is 4.45. The SMILES string of the molecule is COc1ccc([Si](C)(C)[C@@H]2[C@@H](CCn3cc(C(CO)c4ccccc4)nn3)O[C@]3(C(=O)N(Cc4ccc(N5C(=O)CCc6ccccc65)cc4)c4ccc([N+](=O)[O-])cc43)[C@H]2C)cc1. The second-order valence-corrected chi connectivity index (χ2v) is 22.1. The summed E-state index contributed by atoms with van der Waals surface area (Å²) in [5, 5.41) is 32.8. The van der Waals surface area contributed by atoms with Gasteiger partial charge >= 0.3 is 0 Å². The number of amides is 2. The number of hydrogen-bond acceptors (Lipinski definition) is 9. The summed E-state index contributed by atoms with van der Waals surface area (Å²) in [7, 11) is -0.896. The molecule has 0 saturated carbocycles. The van der Waals surface area contributed by atoms with Crippen molar-refractivity contribution in [2.24, 2.45) is 5.92 Å². The summed E-state index contributed by atoms with van der Waals surface area (Å²) >= 11 is 0. The fourth-order valence-electron chi connectivity index (χ4n) is 10.4. The molecule has 13 nitrogen and oxygen atoms in total. The van der Waals surface area contributed by atoms with E-state index in [1.54, 1.807) is 27.7 Å². The van der Waals surface area contributed by atoms with Gasteiger partial charge in [-0.1, -0.05) is 103 Å². The number of nitro groups is 1. The van der Waals surface area contributed by atoms with Crippen molar-refractivity contribution in [1.29, 1.82) is 0 Å². The number of aryl methyl sites for hydroxylation is 2. The Morgan fingerprint density at radius 1 is 0.937 bits per heavy atom. The molecular weight excluding hydrogens is 813 g/mol. The molecule has 1 aromatic heterocycles. The molecule has 0 aliphatic carbocycles. The Balaban J connectivity index is 1.07. The Morgan fingerprint density at radius 2 is 1.67 bits per heavy atom. The van der Waals surface area contributed by atoms with E-state index < -0.39 is 24.7 Å². The molecule has 1 spiro atoms. The number of aliphatic hydroxyl groups excluding tert-OH is 1. The van der Waals surface area contributed by atoms with Crippen molar-refractivity contribution >= 4 is 47.8 Å². The number of aromatic nitrogens is 3. The first-order valence-electron chi connectivity index (χ1n) is 21.4. The summed E-state index contributed by atoms with van der Waals surface area (Å²) in [6.07, 6.45) is 3.01. The molecule has 1 unspecified atom stereocenters. The van der Waals surface area contributed by atoms with Gasteiger partial charge in [0.15, 0.2) is 5.60 Å². The van der Waals surface area contributed by atoms with E-state index in [0.29, 0.717) is 42.8 Å². The minimum absolute atomic E-state index is 0.0250. The maximum Gasteiger partial charge on any atom is 0.269 e. The quantitative estimate of drug-likeness (QED) is 0.0697. The van der Waals surface area contributed by atoms with Gasteiger partial charge in [0.2, 0.25) is 5.91 Å². The van der Waals surface area contributed by atoms with E-state index in [9.17, 15) is 20.0 Å². The first-order valence-corrected chi connectivity index (χ1v) is 24.5. The molecule has 1 fully saturated rings. The highest BCUT2D eigenvalue weighted by atomic mass is 28.3. The van der Waals surface area contributed by atoms with Crippen LogP contribution in [0.2, 0.25) is 18.6 Å². The molecule has 1 saturated heterocycles. The molecule has 2 amide bonds. The molecule has 6 aromatic rings. The average molecular weight is 863 g/mol. The van der Waals surface area contributed by atoms with Gasteiger partial charge in [0, 0.05) is 48.5 Å². The van der Waals surface area contributed by atoms with Gasteiger partial charge in [-0.3, -0.25) is 29.3 Å². The lowest BCUT2D eigenvalue weighted by atomic mass is 9.82. The van der Waals surface area contributed by atoms with Crippen molar-refractivity contribution in [2.45, 2.75) is 75.5 Å². The van der Waals surface area contributed by atoms with Gasteiger partial charge in [0.05, 0.1) is 62.3 Å². The number of fused-ring (bicyclic) bond motifs is 3. The number of hydrogen-bond donors (Lipinski definition) is 1. The lowest BCUT2D eigenvalue weighted by Crippen LogP contribution is -2.51. The number of methoxy groups -OCH3 is 1. The first-order chi connectivity index (χ1) is 30.4. The lowest BCUT2D eigenvalue weighted by Gasteiger charge is -2.37. The molecule has 0 radical (unpaired) electrons. The Labute approximate surface area is 367 Å². The van der Waals surface area contributed by atoms with Crippen molar-refractivity contribution in [2.75, 3.05) is 23.5 Å². The van der Waals surface area contributed by atoms with Crippen LogP contribution < -0.4 is 19.7 Å². The van der Waals surface area contributed by atoms with Gasteiger partial charge in [-0.15, -0.1) is 5.10 Å². The molecule has 3 aliphatic rings. The number of rotatable bonds is 13. The molecule has 3 aliphatic heterocycles. The lowest BCUT2D eigenvalue weighted by molar-refractivity contribution is -0.385. The van der Waals surface area contributed by atoms with E-state index in [1.165, 1.54) is 17.3 Å². The highest BCUT2D eigenvalue weighted by Crippen LogP contribution is 2.60. The molecule has 9 rings (SSSR count). The Morgan fingerprint density at radius 3 is 2.38 bits per heavy atom. The van der Waals surface area contributed by atoms with Crippen molar-refractivity contribution in [3.63, 3.8) is 0 Å². The maximum absolute atomic E-state index is 15.5. The predicted molar refractivity (Wildman–Crippen MR) is 242 cm³/mol. The van der Waals surface area contributed by atoms with Gasteiger partial charge in [-0.25, -0.2) is 0 Å². The minimum atomic E-state index is -2.53. The van der Waals surface area contributed by atoms with Crippen molar-refractivity contribution < 1.29 is 29.1 Å². The van der Waals surface area contributed by atoms with Gasteiger partial charge in [0.25, 0.3) is 11.6 Å². The molecule has 322 valence electrons. The molecule has 1 N–H and O–H groups in total. The topological polar surface area (TPSA) is 153 Å². The Bertz CT molecular complexity index is 2670. The Hall–Kier alpha value is -6.48. The van der Waals surface area contributed by atoms with Crippen molar-refractivity contribution in [1.82, 2.24) is 15.0 Å². The van der Waals surface area contributed by atoms with Crippen molar-refractivity contribution in [3.8, 4) is 5.75 Å². The third kappa shape index (κ3) is 7.31. The first kappa shape index (κ1) is 41.8. The van der Waals surface area contributed by atoms with Crippen LogP contribution >= 0.6 is 0 Å². The molecule has 0 bridgehead atoms. The average Bonchev–Trinajstić information content (AvgIpc) is 3.96. The highest BCUT2D eigenvalue weighted by molar-refractivity contribution is 6.91. The zero-order valence-electron chi connectivity index (χ0n) is 35.8. The molecule has 5 aromatic carbocycles. The number of carbonyl (C=O) groups excluding carboxylic acids is 2. The largest absolute Gasteiger partial charge is 0.497 e. The molecule has 14 heteroatoms. The number of benzene rings is 5. The smallest absolute Gasteiger partial charge is 0.269 e. The maximum atomic E-state index is 15.5. The number of carbonyl (C=O) groups is 2. The van der Waals surface area contributed by atoms with Crippen LogP contribution in [0.3, 0.4) is 0 Å². The number of anilines is 3. The van der Waals surface area contributed by atoms with E-state index in [-0.39, 0.29) is 48.0 Å². The number of para-hydroxylation sites is 1. The van der Waals surface area contributed by atoms with Gasteiger partial charge in [-0.2, -0.15) is 0 Å². The van der Waals surface area contributed by atoms with E-state index in [1.807, 2.05) is 97.2 Å².